The number of benzene rings is 1. The van der Waals surface area contributed by atoms with Crippen molar-refractivity contribution < 1.29 is 33.7 Å². The number of unbranched alkanes of at least 4 members (excludes halogenated alkanes) is 2. The van der Waals surface area contributed by atoms with E-state index < -0.39 is 12.1 Å². The Morgan fingerprint density at radius 2 is 1.70 bits per heavy atom. The lowest BCUT2D eigenvalue weighted by Gasteiger charge is -2.31. The van der Waals surface area contributed by atoms with Gasteiger partial charge < -0.3 is 41.6 Å². The van der Waals surface area contributed by atoms with Crippen LogP contribution in [0.25, 0.3) is 0 Å². The number of quaternary nitrogens is 1. The van der Waals surface area contributed by atoms with E-state index in [-0.39, 0.29) is 17.2 Å². The molecule has 0 aliphatic heterocycles. The summed E-state index contributed by atoms with van der Waals surface area (Å²) in [5.41, 5.74) is 6.90. The molecule has 1 aliphatic rings. The Balaban J connectivity index is 0.000000775. The molecule has 13 nitrogen and oxygen atoms in total. The van der Waals surface area contributed by atoms with Gasteiger partial charge in [0.05, 0.1) is 14.1 Å². The average Bonchev–Trinajstić information content (AvgIpc) is 3.01. The van der Waals surface area contributed by atoms with Crippen LogP contribution < -0.4 is 31.9 Å². The number of hydrogen-bond acceptors (Lipinski definition) is 7. The van der Waals surface area contributed by atoms with E-state index in [9.17, 15) is 28.8 Å². The topological polar surface area (TPSA) is 184 Å². The number of aldehydes is 2. The fourth-order valence-electron chi connectivity index (χ4n) is 4.27. The molecule has 2 rings (SSSR count). The molecule has 0 spiro atoms. The van der Waals surface area contributed by atoms with Crippen LogP contribution in [0, 0.1) is 5.41 Å². The van der Waals surface area contributed by atoms with Crippen LogP contribution in [-0.4, -0.2) is 95.6 Å². The number of anilines is 1. The molecule has 1 fully saturated rings. The van der Waals surface area contributed by atoms with E-state index in [1.807, 2.05) is 38.2 Å². The van der Waals surface area contributed by atoms with Gasteiger partial charge in [-0.1, -0.05) is 31.9 Å². The van der Waals surface area contributed by atoms with E-state index in [0.29, 0.717) is 37.8 Å². The van der Waals surface area contributed by atoms with Gasteiger partial charge in [0, 0.05) is 42.9 Å². The SMILES string of the molecule is CC1(C=O)CCC1.CNCCCCCN(C)C(=O)/C=C\C=O.C[NH+](C)Cc1ccc(NC(=O)[C@H](CCCNC(N)=O)NC=O)cc1. The Morgan fingerprint density at radius 1 is 1.02 bits per heavy atom. The first-order valence-corrected chi connectivity index (χ1v) is 15.8. The molecular formula is C33H56N7O6+. The Morgan fingerprint density at radius 3 is 2.17 bits per heavy atom. The number of rotatable bonds is 19. The summed E-state index contributed by atoms with van der Waals surface area (Å²) in [5, 5.41) is 10.8. The standard InChI is InChI=1S/C16H25N5O3.C11H20N2O2.C6H10O/c1-21(2)10-12-5-7-13(8-6-12)20-15(23)14(19-11-22)4-3-9-18-16(17)24;1-12-8-4-3-5-9-13(2)11(15)7-6-10-14;1-6(5-7)3-2-4-6/h5-8,11,14H,3-4,9-10H2,1-2H3,(H,19,22)(H,20,23)(H3,17,18,24);6-7,10,12H,3-5,8-9H2,1-2H3;5H,2-4H2,1H3/p+1/b;7-6-;/t14-;;/m0../s1. The van der Waals surface area contributed by atoms with Crippen molar-refractivity contribution in [2.24, 2.45) is 11.1 Å². The quantitative estimate of drug-likeness (QED) is 0.0729. The van der Waals surface area contributed by atoms with Crippen molar-refractivity contribution >= 4 is 42.5 Å². The van der Waals surface area contributed by atoms with Gasteiger partial charge in [0.15, 0.2) is 0 Å². The summed E-state index contributed by atoms with van der Waals surface area (Å²) in [6.07, 6.45) is 12.3. The van der Waals surface area contributed by atoms with E-state index >= 15 is 0 Å². The Bertz CT molecular complexity index is 1070. The van der Waals surface area contributed by atoms with Crippen molar-refractivity contribution in [3.63, 3.8) is 0 Å². The van der Waals surface area contributed by atoms with Crippen LogP contribution in [0.2, 0.25) is 0 Å². The summed E-state index contributed by atoms with van der Waals surface area (Å²) < 4.78 is 0. The molecule has 0 radical (unpaired) electrons. The lowest BCUT2D eigenvalue weighted by Crippen LogP contribution is -3.04. The highest BCUT2D eigenvalue weighted by Gasteiger charge is 2.30. The number of urea groups is 1. The Kier molecular flexibility index (Phi) is 22.9. The van der Waals surface area contributed by atoms with E-state index in [4.69, 9.17) is 5.73 Å². The lowest BCUT2D eigenvalue weighted by atomic mass is 9.72. The number of carbonyl (C=O) groups excluding carboxylic acids is 6. The molecule has 46 heavy (non-hydrogen) atoms. The molecule has 1 aromatic carbocycles. The van der Waals surface area contributed by atoms with Gasteiger partial charge in [0.25, 0.3) is 0 Å². The molecule has 258 valence electrons. The highest BCUT2D eigenvalue weighted by atomic mass is 16.2. The zero-order chi connectivity index (χ0) is 34.8. The van der Waals surface area contributed by atoms with E-state index in [2.05, 4.69) is 35.4 Å². The first-order chi connectivity index (χ1) is 21.9. The summed E-state index contributed by atoms with van der Waals surface area (Å²) in [7, 11) is 7.81. The molecule has 1 aliphatic carbocycles. The zero-order valence-electron chi connectivity index (χ0n) is 28.2. The van der Waals surface area contributed by atoms with Gasteiger partial charge in [-0.25, -0.2) is 4.79 Å². The zero-order valence-corrected chi connectivity index (χ0v) is 28.2. The Labute approximate surface area is 274 Å². The van der Waals surface area contributed by atoms with Crippen LogP contribution in [0.3, 0.4) is 0 Å². The van der Waals surface area contributed by atoms with Crippen LogP contribution >= 0.6 is 0 Å². The third kappa shape index (κ3) is 20.8. The fraction of sp³-hybridized carbons (Fsp3) is 0.576. The first kappa shape index (κ1) is 41.9. The maximum atomic E-state index is 12.2. The number of allylic oxidation sites excluding steroid dienone is 1. The van der Waals surface area contributed by atoms with Gasteiger partial charge in [-0.2, -0.15) is 0 Å². The third-order valence-electron chi connectivity index (χ3n) is 7.23. The number of nitrogens with two attached hydrogens (primary N) is 1. The minimum absolute atomic E-state index is 0.0833. The van der Waals surface area contributed by atoms with Crippen molar-refractivity contribution in [2.75, 3.05) is 53.1 Å². The summed E-state index contributed by atoms with van der Waals surface area (Å²) >= 11 is 0. The number of nitrogens with zero attached hydrogens (tertiary/aromatic N) is 1. The summed E-state index contributed by atoms with van der Waals surface area (Å²) in [6.45, 7) is 5.02. The summed E-state index contributed by atoms with van der Waals surface area (Å²) in [6, 6.07) is 6.32. The summed E-state index contributed by atoms with van der Waals surface area (Å²) in [5.74, 6) is -0.414. The van der Waals surface area contributed by atoms with Crippen LogP contribution in [0.5, 0.6) is 0 Å². The lowest BCUT2D eigenvalue weighted by molar-refractivity contribution is -0.872. The van der Waals surface area contributed by atoms with E-state index in [1.165, 1.54) is 29.0 Å². The predicted molar refractivity (Wildman–Crippen MR) is 180 cm³/mol. The molecule has 1 atom stereocenters. The van der Waals surface area contributed by atoms with Crippen molar-refractivity contribution in [3.8, 4) is 0 Å². The second-order valence-corrected chi connectivity index (χ2v) is 11.9. The second kappa shape index (κ2) is 25.1. The Hall–Kier alpha value is -4.10. The first-order valence-electron chi connectivity index (χ1n) is 15.8. The highest BCUT2D eigenvalue weighted by molar-refractivity contribution is 5.95. The van der Waals surface area contributed by atoms with E-state index in [1.54, 1.807) is 11.9 Å². The van der Waals surface area contributed by atoms with Crippen molar-refractivity contribution in [1.82, 2.24) is 20.9 Å². The predicted octanol–water partition coefficient (Wildman–Crippen LogP) is 0.798. The number of carbonyl (C=O) groups is 6. The van der Waals surface area contributed by atoms with Gasteiger partial charge in [-0.15, -0.1) is 0 Å². The monoisotopic (exact) mass is 646 g/mol. The van der Waals surface area contributed by atoms with Gasteiger partial charge in [-0.05, 0) is 70.3 Å². The fourth-order valence-corrected chi connectivity index (χ4v) is 4.27. The van der Waals surface area contributed by atoms with Gasteiger partial charge in [0.2, 0.25) is 18.2 Å². The van der Waals surface area contributed by atoms with Crippen molar-refractivity contribution in [3.05, 3.63) is 42.0 Å². The maximum absolute atomic E-state index is 12.2. The molecule has 13 heteroatoms. The van der Waals surface area contributed by atoms with E-state index in [0.717, 1.165) is 58.0 Å². The number of nitrogens with one attached hydrogen (secondary N) is 5. The molecular weight excluding hydrogens is 590 g/mol. The number of primary amides is 1. The molecule has 0 heterocycles. The minimum Gasteiger partial charge on any atom is -0.352 e. The second-order valence-electron chi connectivity index (χ2n) is 11.9. The third-order valence-corrected chi connectivity index (χ3v) is 7.23. The number of likely N-dealkylation sites (N-methyl/N-ethyl adjacent to an activating group) is 1. The molecule has 5 amide bonds. The van der Waals surface area contributed by atoms with Gasteiger partial charge in [-0.3, -0.25) is 19.2 Å². The molecule has 1 aromatic rings. The largest absolute Gasteiger partial charge is 0.352 e. The number of amides is 5. The van der Waals surface area contributed by atoms with Crippen molar-refractivity contribution in [1.29, 1.82) is 0 Å². The minimum atomic E-state index is -0.664. The molecule has 0 aromatic heterocycles. The molecule has 0 saturated heterocycles. The molecule has 7 N–H and O–H groups in total. The molecule has 1 saturated carbocycles. The maximum Gasteiger partial charge on any atom is 0.312 e. The van der Waals surface area contributed by atoms with Gasteiger partial charge in [0.1, 0.15) is 25.2 Å². The van der Waals surface area contributed by atoms with Crippen LogP contribution in [-0.2, 0) is 30.5 Å². The smallest absolute Gasteiger partial charge is 0.312 e. The van der Waals surface area contributed by atoms with Crippen LogP contribution in [0.1, 0.15) is 63.9 Å². The number of hydrogen-bond donors (Lipinski definition) is 6. The average molecular weight is 647 g/mol. The highest BCUT2D eigenvalue weighted by Crippen LogP contribution is 2.37. The summed E-state index contributed by atoms with van der Waals surface area (Å²) in [4.78, 5) is 67.9. The van der Waals surface area contributed by atoms with Crippen LogP contribution in [0.4, 0.5) is 10.5 Å². The molecule has 0 bridgehead atoms. The van der Waals surface area contributed by atoms with Crippen LogP contribution in [0.15, 0.2) is 36.4 Å². The molecule has 0 unspecified atom stereocenters. The normalized spacial score (nSPS) is 13.4. The van der Waals surface area contributed by atoms with Crippen molar-refractivity contribution in [2.45, 2.75) is 70.9 Å². The van der Waals surface area contributed by atoms with Gasteiger partial charge >= 0.3 is 6.03 Å².